The Bertz CT molecular complexity index is 626. The van der Waals surface area contributed by atoms with Crippen LogP contribution in [0, 0.1) is 5.82 Å². The molecule has 1 N–H and O–H groups in total. The van der Waals surface area contributed by atoms with Crippen LogP contribution < -0.4 is 10.1 Å². The number of aromatic nitrogens is 2. The summed E-state index contributed by atoms with van der Waals surface area (Å²) in [6.45, 7) is 3.27. The van der Waals surface area contributed by atoms with Gasteiger partial charge in [-0.3, -0.25) is 0 Å². The Labute approximate surface area is 129 Å². The zero-order valence-corrected chi connectivity index (χ0v) is 12.7. The molecule has 0 radical (unpaired) electrons. The van der Waals surface area contributed by atoms with Gasteiger partial charge in [-0.2, -0.15) is 4.98 Å². The third kappa shape index (κ3) is 3.93. The molecule has 0 unspecified atom stereocenters. The Balaban J connectivity index is 1.62. The van der Waals surface area contributed by atoms with Gasteiger partial charge in [0.2, 0.25) is 5.88 Å². The van der Waals surface area contributed by atoms with E-state index in [4.69, 9.17) is 4.74 Å². The fourth-order valence-electron chi connectivity index (χ4n) is 2.27. The Kier molecular flexibility index (Phi) is 4.51. The standard InChI is InChI=1S/C17H20FN3O/c1-2-22-16-11-15(20-17(21-16)13-5-6-13)19-10-9-12-3-7-14(18)8-4-12/h3-4,7-8,11,13H,2,5-6,9-10H2,1H3,(H,19,20,21). The van der Waals surface area contributed by atoms with Crippen LogP contribution in [0.25, 0.3) is 0 Å². The van der Waals surface area contributed by atoms with Crippen LogP contribution in [-0.4, -0.2) is 23.1 Å². The van der Waals surface area contributed by atoms with E-state index in [1.54, 1.807) is 12.1 Å². The minimum atomic E-state index is -0.206. The molecule has 0 atom stereocenters. The molecule has 1 heterocycles. The number of halogens is 1. The third-order valence-electron chi connectivity index (χ3n) is 3.59. The number of nitrogens with one attached hydrogen (secondary N) is 1. The van der Waals surface area contributed by atoms with E-state index in [0.717, 1.165) is 43.0 Å². The highest BCUT2D eigenvalue weighted by atomic mass is 19.1. The van der Waals surface area contributed by atoms with Gasteiger partial charge in [-0.15, -0.1) is 0 Å². The van der Waals surface area contributed by atoms with Crippen molar-refractivity contribution in [1.82, 2.24) is 9.97 Å². The minimum Gasteiger partial charge on any atom is -0.478 e. The predicted molar refractivity (Wildman–Crippen MR) is 83.8 cm³/mol. The summed E-state index contributed by atoms with van der Waals surface area (Å²) in [5, 5.41) is 3.30. The van der Waals surface area contributed by atoms with E-state index in [2.05, 4.69) is 15.3 Å². The average molecular weight is 301 g/mol. The lowest BCUT2D eigenvalue weighted by atomic mass is 10.1. The lowest BCUT2D eigenvalue weighted by Crippen LogP contribution is -2.09. The van der Waals surface area contributed by atoms with E-state index in [0.29, 0.717) is 18.4 Å². The molecule has 1 saturated carbocycles. The van der Waals surface area contributed by atoms with Gasteiger partial charge in [-0.05, 0) is 43.9 Å². The van der Waals surface area contributed by atoms with Crippen molar-refractivity contribution in [1.29, 1.82) is 0 Å². The number of ether oxygens (including phenoxy) is 1. The lowest BCUT2D eigenvalue weighted by Gasteiger charge is -2.10. The molecule has 3 rings (SSSR count). The molecule has 0 spiro atoms. The second kappa shape index (κ2) is 6.73. The van der Waals surface area contributed by atoms with Crippen molar-refractivity contribution < 1.29 is 9.13 Å². The largest absolute Gasteiger partial charge is 0.478 e. The second-order valence-corrected chi connectivity index (χ2v) is 5.46. The van der Waals surface area contributed by atoms with Crippen molar-refractivity contribution in [3.8, 4) is 5.88 Å². The number of anilines is 1. The van der Waals surface area contributed by atoms with E-state index in [1.165, 1.54) is 12.1 Å². The van der Waals surface area contributed by atoms with Gasteiger partial charge in [0.25, 0.3) is 0 Å². The quantitative estimate of drug-likeness (QED) is 0.849. The molecule has 116 valence electrons. The Morgan fingerprint density at radius 1 is 1.23 bits per heavy atom. The molecule has 0 amide bonds. The van der Waals surface area contributed by atoms with Crippen LogP contribution in [0.15, 0.2) is 30.3 Å². The first-order valence-electron chi connectivity index (χ1n) is 7.74. The molecule has 1 fully saturated rings. The smallest absolute Gasteiger partial charge is 0.218 e. The number of rotatable bonds is 7. The van der Waals surface area contributed by atoms with Crippen LogP contribution in [-0.2, 0) is 6.42 Å². The van der Waals surface area contributed by atoms with E-state index >= 15 is 0 Å². The Morgan fingerprint density at radius 3 is 2.68 bits per heavy atom. The normalized spacial score (nSPS) is 13.9. The molecule has 5 heteroatoms. The van der Waals surface area contributed by atoms with Crippen LogP contribution in [0.3, 0.4) is 0 Å². The van der Waals surface area contributed by atoms with Crippen LogP contribution in [0.1, 0.15) is 37.1 Å². The van der Waals surface area contributed by atoms with Gasteiger partial charge in [-0.1, -0.05) is 12.1 Å². The van der Waals surface area contributed by atoms with Gasteiger partial charge in [0.05, 0.1) is 6.61 Å². The monoisotopic (exact) mass is 301 g/mol. The molecule has 1 aliphatic rings. The summed E-state index contributed by atoms with van der Waals surface area (Å²) in [5.41, 5.74) is 1.09. The molecule has 0 saturated heterocycles. The van der Waals surface area contributed by atoms with Crippen molar-refractivity contribution in [2.24, 2.45) is 0 Å². The van der Waals surface area contributed by atoms with E-state index in [1.807, 2.05) is 13.0 Å². The molecule has 0 bridgehead atoms. The average Bonchev–Trinajstić information content (AvgIpc) is 3.34. The van der Waals surface area contributed by atoms with Crippen LogP contribution in [0.5, 0.6) is 5.88 Å². The number of nitrogens with zero attached hydrogens (tertiary/aromatic N) is 2. The van der Waals surface area contributed by atoms with Gasteiger partial charge in [0.15, 0.2) is 0 Å². The van der Waals surface area contributed by atoms with Crippen LogP contribution in [0.2, 0.25) is 0 Å². The maximum absolute atomic E-state index is 12.9. The van der Waals surface area contributed by atoms with Crippen LogP contribution >= 0.6 is 0 Å². The lowest BCUT2D eigenvalue weighted by molar-refractivity contribution is 0.325. The molecule has 1 aliphatic carbocycles. The first-order valence-corrected chi connectivity index (χ1v) is 7.74. The van der Waals surface area contributed by atoms with Crippen LogP contribution in [0.4, 0.5) is 10.2 Å². The number of hydrogen-bond acceptors (Lipinski definition) is 4. The van der Waals surface area contributed by atoms with Gasteiger partial charge in [-0.25, -0.2) is 9.37 Å². The summed E-state index contributed by atoms with van der Waals surface area (Å²) >= 11 is 0. The summed E-state index contributed by atoms with van der Waals surface area (Å²) in [7, 11) is 0. The first-order chi connectivity index (χ1) is 10.7. The van der Waals surface area contributed by atoms with E-state index in [9.17, 15) is 4.39 Å². The van der Waals surface area contributed by atoms with Crippen molar-refractivity contribution in [3.63, 3.8) is 0 Å². The molecular weight excluding hydrogens is 281 g/mol. The maximum Gasteiger partial charge on any atom is 0.218 e. The summed E-state index contributed by atoms with van der Waals surface area (Å²) < 4.78 is 18.4. The van der Waals surface area contributed by atoms with E-state index < -0.39 is 0 Å². The van der Waals surface area contributed by atoms with Gasteiger partial charge < -0.3 is 10.1 Å². The minimum absolute atomic E-state index is 0.206. The third-order valence-corrected chi connectivity index (χ3v) is 3.59. The molecule has 22 heavy (non-hydrogen) atoms. The predicted octanol–water partition coefficient (Wildman–Crippen LogP) is 3.55. The summed E-state index contributed by atoms with van der Waals surface area (Å²) in [5.74, 6) is 2.57. The molecule has 0 aliphatic heterocycles. The fraction of sp³-hybridized carbons (Fsp3) is 0.412. The highest BCUT2D eigenvalue weighted by Gasteiger charge is 2.27. The van der Waals surface area contributed by atoms with Crippen molar-refractivity contribution >= 4 is 5.82 Å². The number of hydrogen-bond donors (Lipinski definition) is 1. The fourth-order valence-corrected chi connectivity index (χ4v) is 2.27. The molecule has 4 nitrogen and oxygen atoms in total. The van der Waals surface area contributed by atoms with Gasteiger partial charge in [0, 0.05) is 18.5 Å². The second-order valence-electron chi connectivity index (χ2n) is 5.46. The summed E-state index contributed by atoms with van der Waals surface area (Å²) in [6.07, 6.45) is 3.13. The Hall–Kier alpha value is -2.17. The summed E-state index contributed by atoms with van der Waals surface area (Å²) in [4.78, 5) is 9.01. The SMILES string of the molecule is CCOc1cc(NCCc2ccc(F)cc2)nc(C2CC2)n1. The topological polar surface area (TPSA) is 47.0 Å². The van der Waals surface area contributed by atoms with Crippen molar-refractivity contribution in [2.75, 3.05) is 18.5 Å². The maximum atomic E-state index is 12.9. The number of benzene rings is 1. The highest BCUT2D eigenvalue weighted by molar-refractivity contribution is 5.39. The highest BCUT2D eigenvalue weighted by Crippen LogP contribution is 2.39. The zero-order valence-electron chi connectivity index (χ0n) is 12.7. The zero-order chi connectivity index (χ0) is 15.4. The molecule has 1 aromatic heterocycles. The van der Waals surface area contributed by atoms with Gasteiger partial charge in [0.1, 0.15) is 17.5 Å². The van der Waals surface area contributed by atoms with E-state index in [-0.39, 0.29) is 5.82 Å². The molecule has 1 aromatic carbocycles. The van der Waals surface area contributed by atoms with Gasteiger partial charge >= 0.3 is 0 Å². The molecular formula is C17H20FN3O. The Morgan fingerprint density at radius 2 is 2.00 bits per heavy atom. The van der Waals surface area contributed by atoms with Crippen molar-refractivity contribution in [3.05, 3.63) is 47.5 Å². The summed E-state index contributed by atoms with van der Waals surface area (Å²) in [6, 6.07) is 8.41. The first kappa shape index (κ1) is 14.8. The molecule has 2 aromatic rings. The van der Waals surface area contributed by atoms with Crippen molar-refractivity contribution in [2.45, 2.75) is 32.1 Å².